The number of Topliss-reactive ketones (excluding diaryl/α,β-unsaturated/α-hetero) is 1. The highest BCUT2D eigenvalue weighted by atomic mass is 19.1. The van der Waals surface area contributed by atoms with Gasteiger partial charge in [0, 0.05) is 23.8 Å². The Kier molecular flexibility index (Phi) is 9.43. The lowest BCUT2D eigenvalue weighted by molar-refractivity contribution is 0.101. The van der Waals surface area contributed by atoms with Gasteiger partial charge in [-0.3, -0.25) is 4.79 Å². The molecule has 1 saturated heterocycles. The van der Waals surface area contributed by atoms with Crippen molar-refractivity contribution in [2.75, 3.05) is 25.0 Å². The van der Waals surface area contributed by atoms with E-state index in [1.165, 1.54) is 18.9 Å². The van der Waals surface area contributed by atoms with Crippen molar-refractivity contribution in [3.8, 4) is 0 Å². The van der Waals surface area contributed by atoms with Gasteiger partial charge in [0.2, 0.25) is 0 Å². The molecule has 178 valence electrons. The summed E-state index contributed by atoms with van der Waals surface area (Å²) in [7, 11) is 0. The number of carbonyl (C=O) groups is 2. The van der Waals surface area contributed by atoms with Crippen molar-refractivity contribution >= 4 is 17.5 Å². The molecule has 2 N–H and O–H groups in total. The molecule has 1 aliphatic rings. The Bertz CT molecular complexity index is 916. The summed E-state index contributed by atoms with van der Waals surface area (Å²) in [5.41, 5.74) is 2.40. The minimum Gasteiger partial charge on any atom is -0.338 e. The fourth-order valence-corrected chi connectivity index (χ4v) is 4.73. The molecule has 0 spiro atoms. The molecule has 2 aromatic rings. The van der Waals surface area contributed by atoms with Crippen molar-refractivity contribution in [3.63, 3.8) is 0 Å². The van der Waals surface area contributed by atoms with Gasteiger partial charge in [-0.2, -0.15) is 0 Å². The van der Waals surface area contributed by atoms with Crippen molar-refractivity contribution in [2.45, 2.75) is 58.4 Å². The van der Waals surface area contributed by atoms with E-state index in [2.05, 4.69) is 22.5 Å². The van der Waals surface area contributed by atoms with Gasteiger partial charge in [-0.1, -0.05) is 31.2 Å². The van der Waals surface area contributed by atoms with Crippen LogP contribution in [0.3, 0.4) is 0 Å². The van der Waals surface area contributed by atoms with E-state index in [1.54, 1.807) is 36.4 Å². The van der Waals surface area contributed by atoms with E-state index in [1.807, 2.05) is 12.1 Å². The minimum atomic E-state index is -0.251. The molecule has 33 heavy (non-hydrogen) atoms. The molecule has 1 aliphatic heterocycles. The molecule has 0 aliphatic carbocycles. The molecule has 1 fully saturated rings. The SMILES string of the molecule is CCCN1CC[C@H](Cc2ccc(F)cc2)C[C@H]1CCCNC(=O)Nc1cccc(C(C)=O)c1. The molecule has 6 heteroatoms. The van der Waals surface area contributed by atoms with Gasteiger partial charge >= 0.3 is 6.03 Å². The van der Waals surface area contributed by atoms with E-state index < -0.39 is 0 Å². The zero-order chi connectivity index (χ0) is 23.6. The van der Waals surface area contributed by atoms with Gasteiger partial charge in [0.05, 0.1) is 0 Å². The third-order valence-corrected chi connectivity index (χ3v) is 6.42. The van der Waals surface area contributed by atoms with E-state index in [9.17, 15) is 14.0 Å². The van der Waals surface area contributed by atoms with Crippen molar-refractivity contribution < 1.29 is 14.0 Å². The molecule has 0 aromatic heterocycles. The number of anilines is 1. The van der Waals surface area contributed by atoms with Gasteiger partial charge in [-0.05, 0) is 94.3 Å². The number of nitrogens with one attached hydrogen (secondary N) is 2. The van der Waals surface area contributed by atoms with Gasteiger partial charge in [-0.15, -0.1) is 0 Å². The Morgan fingerprint density at radius 2 is 1.94 bits per heavy atom. The Labute approximate surface area is 196 Å². The lowest BCUT2D eigenvalue weighted by Crippen LogP contribution is -2.43. The Morgan fingerprint density at radius 3 is 2.67 bits per heavy atom. The number of amides is 2. The Balaban J connectivity index is 1.45. The molecule has 3 rings (SSSR count). The van der Waals surface area contributed by atoms with Crippen molar-refractivity contribution in [2.24, 2.45) is 5.92 Å². The van der Waals surface area contributed by atoms with Crippen LogP contribution in [0.2, 0.25) is 0 Å². The zero-order valence-corrected chi connectivity index (χ0v) is 19.8. The molecule has 2 aromatic carbocycles. The molecular weight excluding hydrogens is 417 g/mol. The second-order valence-electron chi connectivity index (χ2n) is 9.07. The number of likely N-dealkylation sites (tertiary alicyclic amines) is 1. The predicted molar refractivity (Wildman–Crippen MR) is 131 cm³/mol. The quantitative estimate of drug-likeness (QED) is 0.360. The van der Waals surface area contributed by atoms with Gasteiger partial charge in [0.25, 0.3) is 0 Å². The first-order valence-corrected chi connectivity index (χ1v) is 12.1. The number of hydrogen-bond donors (Lipinski definition) is 2. The third-order valence-electron chi connectivity index (χ3n) is 6.42. The highest BCUT2D eigenvalue weighted by molar-refractivity contribution is 5.96. The summed E-state index contributed by atoms with van der Waals surface area (Å²) in [6.45, 7) is 6.54. The highest BCUT2D eigenvalue weighted by Crippen LogP contribution is 2.28. The minimum absolute atomic E-state index is 0.0269. The van der Waals surface area contributed by atoms with Gasteiger partial charge in [0.1, 0.15) is 5.82 Å². The van der Waals surface area contributed by atoms with Crippen LogP contribution in [0.4, 0.5) is 14.9 Å². The maximum Gasteiger partial charge on any atom is 0.319 e. The van der Waals surface area contributed by atoms with Crippen LogP contribution in [0.15, 0.2) is 48.5 Å². The number of benzene rings is 2. The average Bonchev–Trinajstić information content (AvgIpc) is 2.80. The summed E-state index contributed by atoms with van der Waals surface area (Å²) >= 11 is 0. The summed E-state index contributed by atoms with van der Waals surface area (Å²) in [5.74, 6) is 0.400. The second-order valence-corrected chi connectivity index (χ2v) is 9.07. The molecule has 2 atom stereocenters. The molecule has 2 amide bonds. The lowest BCUT2D eigenvalue weighted by atomic mass is 9.84. The summed E-state index contributed by atoms with van der Waals surface area (Å²) in [6, 6.07) is 14.1. The third kappa shape index (κ3) is 7.97. The lowest BCUT2D eigenvalue weighted by Gasteiger charge is -2.40. The first-order valence-electron chi connectivity index (χ1n) is 12.1. The highest BCUT2D eigenvalue weighted by Gasteiger charge is 2.27. The van der Waals surface area contributed by atoms with Crippen LogP contribution in [0.1, 0.15) is 61.9 Å². The van der Waals surface area contributed by atoms with Crippen LogP contribution in [0.25, 0.3) is 0 Å². The first-order chi connectivity index (χ1) is 15.9. The maximum absolute atomic E-state index is 13.2. The summed E-state index contributed by atoms with van der Waals surface area (Å²) < 4.78 is 13.2. The number of piperidine rings is 1. The molecule has 1 heterocycles. The summed E-state index contributed by atoms with van der Waals surface area (Å²) in [4.78, 5) is 26.3. The van der Waals surface area contributed by atoms with E-state index >= 15 is 0 Å². The van der Waals surface area contributed by atoms with E-state index in [4.69, 9.17) is 0 Å². The summed E-state index contributed by atoms with van der Waals surface area (Å²) in [6.07, 6.45) is 6.40. The van der Waals surface area contributed by atoms with Crippen LogP contribution >= 0.6 is 0 Å². The zero-order valence-electron chi connectivity index (χ0n) is 19.8. The molecule has 0 bridgehead atoms. The Morgan fingerprint density at radius 1 is 1.15 bits per heavy atom. The smallest absolute Gasteiger partial charge is 0.319 e. The van der Waals surface area contributed by atoms with Crippen LogP contribution in [-0.2, 0) is 6.42 Å². The average molecular weight is 454 g/mol. The number of urea groups is 1. The number of carbonyl (C=O) groups excluding carboxylic acids is 2. The van der Waals surface area contributed by atoms with Crippen molar-refractivity contribution in [1.82, 2.24) is 10.2 Å². The van der Waals surface area contributed by atoms with Crippen LogP contribution in [0.5, 0.6) is 0 Å². The molecule has 5 nitrogen and oxygen atoms in total. The number of halogens is 1. The standard InChI is InChI=1S/C27H36FN3O2/c1-3-15-31-16-13-22(17-21-9-11-24(28)12-10-21)18-26(31)8-5-14-29-27(33)30-25-7-4-6-23(19-25)20(2)32/h4,6-7,9-12,19,22,26H,3,5,8,13-18H2,1-2H3,(H2,29,30,33)/t22-,26-/m1/s1. The number of ketones is 1. The number of hydrogen-bond acceptors (Lipinski definition) is 3. The van der Waals surface area contributed by atoms with Gasteiger partial charge < -0.3 is 15.5 Å². The second kappa shape index (κ2) is 12.5. The topological polar surface area (TPSA) is 61.4 Å². The van der Waals surface area contributed by atoms with Gasteiger partial charge in [0.15, 0.2) is 5.78 Å². The normalized spacial score (nSPS) is 18.6. The van der Waals surface area contributed by atoms with Crippen LogP contribution in [-0.4, -0.2) is 42.4 Å². The van der Waals surface area contributed by atoms with Crippen LogP contribution in [0, 0.1) is 11.7 Å². The Hall–Kier alpha value is -2.73. The molecule has 0 radical (unpaired) electrons. The maximum atomic E-state index is 13.2. The van der Waals surface area contributed by atoms with E-state index in [0.717, 1.165) is 45.2 Å². The number of rotatable bonds is 10. The molecular formula is C27H36FN3O2. The van der Waals surface area contributed by atoms with E-state index in [-0.39, 0.29) is 17.6 Å². The van der Waals surface area contributed by atoms with Crippen molar-refractivity contribution in [1.29, 1.82) is 0 Å². The largest absolute Gasteiger partial charge is 0.338 e. The number of nitrogens with zero attached hydrogens (tertiary/aromatic N) is 1. The van der Waals surface area contributed by atoms with Gasteiger partial charge in [-0.25, -0.2) is 9.18 Å². The predicted octanol–water partition coefficient (Wildman–Crippen LogP) is 5.66. The summed E-state index contributed by atoms with van der Waals surface area (Å²) in [5, 5.41) is 5.74. The van der Waals surface area contributed by atoms with Crippen LogP contribution < -0.4 is 10.6 Å². The first kappa shape index (κ1) is 24.9. The fourth-order valence-electron chi connectivity index (χ4n) is 4.73. The molecule has 0 saturated carbocycles. The van der Waals surface area contributed by atoms with E-state index in [0.29, 0.717) is 29.8 Å². The molecule has 0 unspecified atom stereocenters. The van der Waals surface area contributed by atoms with Crippen molar-refractivity contribution in [3.05, 3.63) is 65.5 Å². The fraction of sp³-hybridized carbons (Fsp3) is 0.481. The monoisotopic (exact) mass is 453 g/mol.